The number of hydrogen-bond donors (Lipinski definition) is 0. The Morgan fingerprint density at radius 3 is 2.62 bits per heavy atom. The fourth-order valence-corrected chi connectivity index (χ4v) is 2.93. The predicted octanol–water partition coefficient (Wildman–Crippen LogP) is 3.42. The molecule has 2 aromatic carbocycles. The van der Waals surface area contributed by atoms with E-state index < -0.39 is 0 Å². The molecule has 0 bridgehead atoms. The third-order valence-electron chi connectivity index (χ3n) is 4.08. The molecular formula is C18H19NO2. The van der Waals surface area contributed by atoms with Crippen molar-refractivity contribution >= 4 is 11.7 Å². The molecule has 1 aliphatic rings. The molecule has 0 saturated carbocycles. The zero-order valence-electron chi connectivity index (χ0n) is 12.4. The van der Waals surface area contributed by atoms with Crippen molar-refractivity contribution in [3.05, 3.63) is 65.2 Å². The summed E-state index contributed by atoms with van der Waals surface area (Å²) in [5, 5.41) is 0. The van der Waals surface area contributed by atoms with Crippen molar-refractivity contribution in [2.75, 3.05) is 12.0 Å². The average molecular weight is 281 g/mol. The summed E-state index contributed by atoms with van der Waals surface area (Å²) < 4.78 is 4.72. The Balaban J connectivity index is 1.79. The molecule has 0 radical (unpaired) electrons. The summed E-state index contributed by atoms with van der Waals surface area (Å²) in [6.45, 7) is 3.11. The Kier molecular flexibility index (Phi) is 3.65. The van der Waals surface area contributed by atoms with Crippen molar-refractivity contribution in [3.8, 4) is 0 Å². The first-order valence-electron chi connectivity index (χ1n) is 7.21. The van der Waals surface area contributed by atoms with Crippen molar-refractivity contribution < 1.29 is 9.53 Å². The largest absolute Gasteiger partial charge is 0.465 e. The summed E-state index contributed by atoms with van der Waals surface area (Å²) in [5.74, 6) is -0.290. The second-order valence-electron chi connectivity index (χ2n) is 5.50. The maximum atomic E-state index is 11.5. The molecule has 108 valence electrons. The minimum absolute atomic E-state index is 0.290. The lowest BCUT2D eigenvalue weighted by atomic mass is 10.1. The molecule has 0 unspecified atom stereocenters. The summed E-state index contributed by atoms with van der Waals surface area (Å²) in [5.41, 5.74) is 4.53. The van der Waals surface area contributed by atoms with Gasteiger partial charge in [-0.05, 0) is 42.7 Å². The molecule has 0 spiro atoms. The Labute approximate surface area is 125 Å². The SMILES string of the molecule is COC(=O)c1ccc(CN2c3ccccc3C[C@H]2C)cc1. The van der Waals surface area contributed by atoms with Gasteiger partial charge in [-0.25, -0.2) is 4.79 Å². The molecule has 0 saturated heterocycles. The van der Waals surface area contributed by atoms with Crippen molar-refractivity contribution in [1.82, 2.24) is 0 Å². The fraction of sp³-hybridized carbons (Fsp3) is 0.278. The molecular weight excluding hydrogens is 262 g/mol. The molecule has 1 aliphatic heterocycles. The first-order chi connectivity index (χ1) is 10.2. The van der Waals surface area contributed by atoms with E-state index in [0.717, 1.165) is 13.0 Å². The van der Waals surface area contributed by atoms with Gasteiger partial charge >= 0.3 is 5.97 Å². The van der Waals surface area contributed by atoms with Crippen LogP contribution in [-0.4, -0.2) is 19.1 Å². The molecule has 21 heavy (non-hydrogen) atoms. The monoisotopic (exact) mass is 281 g/mol. The highest BCUT2D eigenvalue weighted by molar-refractivity contribution is 5.89. The Morgan fingerprint density at radius 1 is 1.19 bits per heavy atom. The standard InChI is InChI=1S/C18H19NO2/c1-13-11-16-5-3-4-6-17(16)19(13)12-14-7-9-15(10-8-14)18(20)21-2/h3-10,13H,11-12H2,1-2H3/t13-/m1/s1. The van der Waals surface area contributed by atoms with Crippen molar-refractivity contribution in [3.63, 3.8) is 0 Å². The van der Waals surface area contributed by atoms with E-state index in [9.17, 15) is 4.79 Å². The highest BCUT2D eigenvalue weighted by Gasteiger charge is 2.25. The minimum atomic E-state index is -0.290. The summed E-state index contributed by atoms with van der Waals surface area (Å²) in [6, 6.07) is 16.7. The van der Waals surface area contributed by atoms with Gasteiger partial charge in [-0.3, -0.25) is 0 Å². The number of nitrogens with zero attached hydrogens (tertiary/aromatic N) is 1. The number of fused-ring (bicyclic) bond motifs is 1. The summed E-state index contributed by atoms with van der Waals surface area (Å²) in [7, 11) is 1.40. The van der Waals surface area contributed by atoms with Crippen LogP contribution in [0.1, 0.15) is 28.4 Å². The molecule has 0 aliphatic carbocycles. The van der Waals surface area contributed by atoms with Crippen molar-refractivity contribution in [2.45, 2.75) is 25.9 Å². The van der Waals surface area contributed by atoms with Crippen LogP contribution in [0.25, 0.3) is 0 Å². The fourth-order valence-electron chi connectivity index (χ4n) is 2.93. The van der Waals surface area contributed by atoms with Crippen LogP contribution in [0.15, 0.2) is 48.5 Å². The first-order valence-corrected chi connectivity index (χ1v) is 7.21. The van der Waals surface area contributed by atoms with Gasteiger partial charge in [0, 0.05) is 18.3 Å². The number of carbonyl (C=O) groups is 1. The van der Waals surface area contributed by atoms with E-state index in [-0.39, 0.29) is 5.97 Å². The van der Waals surface area contributed by atoms with Gasteiger partial charge in [0.05, 0.1) is 12.7 Å². The molecule has 3 nitrogen and oxygen atoms in total. The first kappa shape index (κ1) is 13.7. The third kappa shape index (κ3) is 2.64. The van der Waals surface area contributed by atoms with Crippen LogP contribution >= 0.6 is 0 Å². The van der Waals surface area contributed by atoms with E-state index in [1.54, 1.807) is 0 Å². The number of esters is 1. The van der Waals surface area contributed by atoms with Gasteiger partial charge in [0.2, 0.25) is 0 Å². The van der Waals surface area contributed by atoms with Crippen LogP contribution in [-0.2, 0) is 17.7 Å². The minimum Gasteiger partial charge on any atom is -0.465 e. The number of ether oxygens (including phenoxy) is 1. The summed E-state index contributed by atoms with van der Waals surface area (Å²) in [4.78, 5) is 13.9. The average Bonchev–Trinajstić information content (AvgIpc) is 2.83. The second kappa shape index (κ2) is 5.60. The van der Waals surface area contributed by atoms with E-state index >= 15 is 0 Å². The number of benzene rings is 2. The highest BCUT2D eigenvalue weighted by atomic mass is 16.5. The summed E-state index contributed by atoms with van der Waals surface area (Å²) >= 11 is 0. The topological polar surface area (TPSA) is 29.5 Å². The molecule has 0 N–H and O–H groups in total. The van der Waals surface area contributed by atoms with E-state index in [0.29, 0.717) is 11.6 Å². The lowest BCUT2D eigenvalue weighted by molar-refractivity contribution is 0.0600. The van der Waals surface area contributed by atoms with Gasteiger partial charge in [0.25, 0.3) is 0 Å². The molecule has 3 heteroatoms. The molecule has 0 aromatic heterocycles. The Hall–Kier alpha value is -2.29. The van der Waals surface area contributed by atoms with Crippen LogP contribution in [0, 0.1) is 0 Å². The number of methoxy groups -OCH3 is 1. The van der Waals surface area contributed by atoms with E-state index in [1.807, 2.05) is 24.3 Å². The molecule has 2 aromatic rings. The van der Waals surface area contributed by atoms with Gasteiger partial charge < -0.3 is 9.64 Å². The van der Waals surface area contributed by atoms with Gasteiger partial charge in [-0.15, -0.1) is 0 Å². The number of anilines is 1. The van der Waals surface area contributed by atoms with Crippen molar-refractivity contribution in [2.24, 2.45) is 0 Å². The molecule has 1 heterocycles. The van der Waals surface area contributed by atoms with E-state index in [2.05, 4.69) is 36.1 Å². The van der Waals surface area contributed by atoms with Gasteiger partial charge in [-0.2, -0.15) is 0 Å². The van der Waals surface area contributed by atoms with Gasteiger partial charge in [-0.1, -0.05) is 30.3 Å². The van der Waals surface area contributed by atoms with E-state index in [1.165, 1.54) is 23.9 Å². The Bertz CT molecular complexity index is 649. The van der Waals surface area contributed by atoms with Crippen LogP contribution < -0.4 is 4.90 Å². The van der Waals surface area contributed by atoms with Crippen LogP contribution in [0.2, 0.25) is 0 Å². The smallest absolute Gasteiger partial charge is 0.337 e. The molecule has 3 rings (SSSR count). The molecule has 0 fully saturated rings. The lowest BCUT2D eigenvalue weighted by Crippen LogP contribution is -2.28. The van der Waals surface area contributed by atoms with E-state index in [4.69, 9.17) is 4.74 Å². The number of carbonyl (C=O) groups excluding carboxylic acids is 1. The van der Waals surface area contributed by atoms with Crippen LogP contribution in [0.3, 0.4) is 0 Å². The maximum absolute atomic E-state index is 11.5. The quantitative estimate of drug-likeness (QED) is 0.807. The van der Waals surface area contributed by atoms with Crippen LogP contribution in [0.5, 0.6) is 0 Å². The highest BCUT2D eigenvalue weighted by Crippen LogP contribution is 2.32. The number of para-hydroxylation sites is 1. The zero-order valence-corrected chi connectivity index (χ0v) is 12.4. The normalized spacial score (nSPS) is 16.7. The summed E-state index contributed by atoms with van der Waals surface area (Å²) in [6.07, 6.45) is 1.09. The second-order valence-corrected chi connectivity index (χ2v) is 5.50. The van der Waals surface area contributed by atoms with Gasteiger partial charge in [0.15, 0.2) is 0 Å². The Morgan fingerprint density at radius 2 is 1.90 bits per heavy atom. The zero-order chi connectivity index (χ0) is 14.8. The molecule has 1 atom stereocenters. The maximum Gasteiger partial charge on any atom is 0.337 e. The molecule has 0 amide bonds. The van der Waals surface area contributed by atoms with Gasteiger partial charge in [0.1, 0.15) is 0 Å². The predicted molar refractivity (Wildman–Crippen MR) is 83.6 cm³/mol. The number of hydrogen-bond acceptors (Lipinski definition) is 3. The number of rotatable bonds is 3. The van der Waals surface area contributed by atoms with Crippen molar-refractivity contribution in [1.29, 1.82) is 0 Å². The third-order valence-corrected chi connectivity index (χ3v) is 4.08. The van der Waals surface area contributed by atoms with Crippen LogP contribution in [0.4, 0.5) is 5.69 Å². The lowest BCUT2D eigenvalue weighted by Gasteiger charge is -2.25.